The summed E-state index contributed by atoms with van der Waals surface area (Å²) in [6.07, 6.45) is 0.272. The van der Waals surface area contributed by atoms with Crippen molar-refractivity contribution in [2.24, 2.45) is 0 Å². The van der Waals surface area contributed by atoms with Gasteiger partial charge in [0.1, 0.15) is 0 Å². The quantitative estimate of drug-likeness (QED) is 0.721. The first kappa shape index (κ1) is 17.9. The number of amides is 2. The van der Waals surface area contributed by atoms with E-state index in [1.165, 1.54) is 0 Å². The monoisotopic (exact) mass is 383 g/mol. The molecule has 0 bridgehead atoms. The third kappa shape index (κ3) is 7.11. The lowest BCUT2D eigenvalue weighted by Gasteiger charge is -2.26. The summed E-state index contributed by atoms with van der Waals surface area (Å²) in [5, 5.41) is 5.45. The number of nitrogens with one attached hydrogen (secondary N) is 2. The summed E-state index contributed by atoms with van der Waals surface area (Å²) in [7, 11) is 0. The molecular formula is C16H22BrN3O3. The molecule has 0 aromatic heterocycles. The van der Waals surface area contributed by atoms with Crippen LogP contribution in [0.5, 0.6) is 0 Å². The number of carbonyl (C=O) groups excluding carboxylic acids is 2. The zero-order chi connectivity index (χ0) is 16.5. The lowest BCUT2D eigenvalue weighted by Crippen LogP contribution is -2.43. The zero-order valence-corrected chi connectivity index (χ0v) is 14.6. The number of morpholine rings is 1. The molecule has 23 heavy (non-hydrogen) atoms. The minimum absolute atomic E-state index is 0.0124. The topological polar surface area (TPSA) is 70.7 Å². The highest BCUT2D eigenvalue weighted by Gasteiger charge is 2.10. The van der Waals surface area contributed by atoms with Crippen LogP contribution in [0, 0.1) is 0 Å². The summed E-state index contributed by atoms with van der Waals surface area (Å²) >= 11 is 3.35. The van der Waals surface area contributed by atoms with Crippen molar-refractivity contribution in [3.05, 3.63) is 34.3 Å². The van der Waals surface area contributed by atoms with Gasteiger partial charge in [-0.05, 0) is 17.7 Å². The molecule has 1 aromatic rings. The SMILES string of the molecule is O=C(CNC(=O)Cc1ccc(Br)cc1)NCCN1CCOCC1. The molecule has 0 atom stereocenters. The van der Waals surface area contributed by atoms with Crippen molar-refractivity contribution < 1.29 is 14.3 Å². The maximum Gasteiger partial charge on any atom is 0.239 e. The summed E-state index contributed by atoms with van der Waals surface area (Å²) < 4.78 is 6.24. The molecule has 2 amide bonds. The predicted octanol–water partition coefficient (Wildman–Crippen LogP) is 0.556. The number of rotatable bonds is 7. The smallest absolute Gasteiger partial charge is 0.239 e. The predicted molar refractivity (Wildman–Crippen MR) is 91.1 cm³/mol. The van der Waals surface area contributed by atoms with Crippen LogP contribution in [0.15, 0.2) is 28.7 Å². The molecule has 1 saturated heterocycles. The number of benzene rings is 1. The maximum atomic E-state index is 11.8. The largest absolute Gasteiger partial charge is 0.379 e. The number of hydrogen-bond donors (Lipinski definition) is 2. The summed E-state index contributed by atoms with van der Waals surface area (Å²) in [6.45, 7) is 4.71. The molecule has 2 N–H and O–H groups in total. The molecular weight excluding hydrogens is 362 g/mol. The van der Waals surface area contributed by atoms with Crippen LogP contribution in [0.3, 0.4) is 0 Å². The average molecular weight is 384 g/mol. The summed E-state index contributed by atoms with van der Waals surface area (Å²) in [5.74, 6) is -0.321. The van der Waals surface area contributed by atoms with Crippen molar-refractivity contribution in [2.75, 3.05) is 45.9 Å². The molecule has 0 aliphatic carbocycles. The molecule has 126 valence electrons. The lowest BCUT2D eigenvalue weighted by molar-refractivity contribution is -0.125. The van der Waals surface area contributed by atoms with E-state index in [1.807, 2.05) is 24.3 Å². The normalized spacial score (nSPS) is 15.2. The van der Waals surface area contributed by atoms with Crippen LogP contribution < -0.4 is 10.6 Å². The maximum absolute atomic E-state index is 11.8. The highest BCUT2D eigenvalue weighted by molar-refractivity contribution is 9.10. The summed E-state index contributed by atoms with van der Waals surface area (Å²) in [5.41, 5.74) is 0.915. The van der Waals surface area contributed by atoms with Crippen LogP contribution in [0.4, 0.5) is 0 Å². The van der Waals surface area contributed by atoms with Gasteiger partial charge in [-0.2, -0.15) is 0 Å². The second-order valence-corrected chi connectivity index (χ2v) is 6.30. The first-order chi connectivity index (χ1) is 11.1. The van der Waals surface area contributed by atoms with Crippen molar-refractivity contribution in [3.63, 3.8) is 0 Å². The van der Waals surface area contributed by atoms with Gasteiger partial charge in [0.05, 0.1) is 26.2 Å². The van der Waals surface area contributed by atoms with Crippen LogP contribution in [-0.4, -0.2) is 62.7 Å². The lowest BCUT2D eigenvalue weighted by atomic mass is 10.1. The fourth-order valence-corrected chi connectivity index (χ4v) is 2.53. The molecule has 0 radical (unpaired) electrons. The fourth-order valence-electron chi connectivity index (χ4n) is 2.27. The Hall–Kier alpha value is -1.44. The Labute approximate surface area is 144 Å². The van der Waals surface area contributed by atoms with E-state index >= 15 is 0 Å². The molecule has 1 aliphatic rings. The summed E-state index contributed by atoms with van der Waals surface area (Å²) in [4.78, 5) is 25.8. The average Bonchev–Trinajstić information content (AvgIpc) is 2.56. The fraction of sp³-hybridized carbons (Fsp3) is 0.500. The molecule has 1 aromatic carbocycles. The van der Waals surface area contributed by atoms with Gasteiger partial charge in [-0.15, -0.1) is 0 Å². The number of hydrogen-bond acceptors (Lipinski definition) is 4. The first-order valence-corrected chi connectivity index (χ1v) is 8.51. The van der Waals surface area contributed by atoms with Gasteiger partial charge >= 0.3 is 0 Å². The Morgan fingerprint density at radius 1 is 1.09 bits per heavy atom. The van der Waals surface area contributed by atoms with Gasteiger partial charge in [-0.25, -0.2) is 0 Å². The van der Waals surface area contributed by atoms with E-state index in [1.54, 1.807) is 0 Å². The number of ether oxygens (including phenoxy) is 1. The van der Waals surface area contributed by atoms with Gasteiger partial charge < -0.3 is 15.4 Å². The van der Waals surface area contributed by atoms with E-state index in [-0.39, 0.29) is 24.8 Å². The molecule has 0 saturated carbocycles. The molecule has 1 fully saturated rings. The van der Waals surface area contributed by atoms with E-state index in [4.69, 9.17) is 4.74 Å². The highest BCUT2D eigenvalue weighted by atomic mass is 79.9. The minimum Gasteiger partial charge on any atom is -0.379 e. The Morgan fingerprint density at radius 3 is 2.48 bits per heavy atom. The van der Waals surface area contributed by atoms with Crippen LogP contribution in [0.25, 0.3) is 0 Å². The molecule has 7 heteroatoms. The van der Waals surface area contributed by atoms with E-state index in [0.29, 0.717) is 6.54 Å². The van der Waals surface area contributed by atoms with Gasteiger partial charge in [0.2, 0.25) is 11.8 Å². The second kappa shape index (κ2) is 9.64. The molecule has 2 rings (SSSR count). The number of nitrogens with zero attached hydrogens (tertiary/aromatic N) is 1. The van der Waals surface area contributed by atoms with E-state index in [9.17, 15) is 9.59 Å². The standard InChI is InChI=1S/C16H22BrN3O3/c17-14-3-1-13(2-4-14)11-15(21)19-12-16(22)18-5-6-20-7-9-23-10-8-20/h1-4H,5-12H2,(H,18,22)(H,19,21). The molecule has 1 heterocycles. The Balaban J connectivity index is 1.58. The molecule has 0 unspecified atom stereocenters. The Kier molecular flexibility index (Phi) is 7.51. The van der Waals surface area contributed by atoms with Crippen molar-refractivity contribution in [1.29, 1.82) is 0 Å². The van der Waals surface area contributed by atoms with Gasteiger partial charge in [-0.3, -0.25) is 14.5 Å². The Morgan fingerprint density at radius 2 is 1.78 bits per heavy atom. The van der Waals surface area contributed by atoms with Crippen LogP contribution in [-0.2, 0) is 20.7 Å². The van der Waals surface area contributed by atoms with Crippen molar-refractivity contribution in [2.45, 2.75) is 6.42 Å². The Bertz CT molecular complexity index is 516. The zero-order valence-electron chi connectivity index (χ0n) is 13.0. The van der Waals surface area contributed by atoms with Gasteiger partial charge in [0.15, 0.2) is 0 Å². The van der Waals surface area contributed by atoms with Crippen molar-refractivity contribution in [3.8, 4) is 0 Å². The third-order valence-corrected chi connectivity index (χ3v) is 4.11. The highest BCUT2D eigenvalue weighted by Crippen LogP contribution is 2.10. The molecule has 1 aliphatic heterocycles. The number of halogens is 1. The molecule has 6 nitrogen and oxygen atoms in total. The van der Waals surface area contributed by atoms with Crippen molar-refractivity contribution in [1.82, 2.24) is 15.5 Å². The summed E-state index contributed by atoms with van der Waals surface area (Å²) in [6, 6.07) is 7.54. The van der Waals surface area contributed by atoms with E-state index in [0.717, 1.165) is 42.9 Å². The number of carbonyl (C=O) groups is 2. The third-order valence-electron chi connectivity index (χ3n) is 3.58. The van der Waals surface area contributed by atoms with Crippen LogP contribution in [0.1, 0.15) is 5.56 Å². The van der Waals surface area contributed by atoms with E-state index in [2.05, 4.69) is 31.5 Å². The second-order valence-electron chi connectivity index (χ2n) is 5.38. The first-order valence-electron chi connectivity index (χ1n) is 7.71. The van der Waals surface area contributed by atoms with Gasteiger partial charge in [0, 0.05) is 30.7 Å². The molecule has 0 spiro atoms. The van der Waals surface area contributed by atoms with Gasteiger partial charge in [0.25, 0.3) is 0 Å². The minimum atomic E-state index is -0.164. The van der Waals surface area contributed by atoms with Crippen LogP contribution >= 0.6 is 15.9 Å². The van der Waals surface area contributed by atoms with E-state index < -0.39 is 0 Å². The van der Waals surface area contributed by atoms with Crippen molar-refractivity contribution >= 4 is 27.7 Å². The van der Waals surface area contributed by atoms with Gasteiger partial charge in [-0.1, -0.05) is 28.1 Å². The van der Waals surface area contributed by atoms with Crippen LogP contribution in [0.2, 0.25) is 0 Å².